The van der Waals surface area contributed by atoms with Crippen molar-refractivity contribution in [2.75, 3.05) is 12.3 Å². The Morgan fingerprint density at radius 2 is 1.86 bits per heavy atom. The Bertz CT molecular complexity index is 635. The Morgan fingerprint density at radius 3 is 2.52 bits per heavy atom. The van der Waals surface area contributed by atoms with Crippen LogP contribution in [0.15, 0.2) is 42.5 Å². The van der Waals surface area contributed by atoms with Crippen LogP contribution in [-0.4, -0.2) is 12.4 Å². The van der Waals surface area contributed by atoms with Crippen LogP contribution >= 0.6 is 0 Å². The van der Waals surface area contributed by atoms with Gasteiger partial charge in [-0.25, -0.2) is 0 Å². The molecule has 0 aliphatic rings. The van der Waals surface area contributed by atoms with Gasteiger partial charge in [0, 0.05) is 5.56 Å². The third-order valence-corrected chi connectivity index (χ3v) is 3.54. The van der Waals surface area contributed by atoms with E-state index >= 15 is 0 Å². The highest BCUT2D eigenvalue weighted by molar-refractivity contribution is 5.98. The van der Waals surface area contributed by atoms with Gasteiger partial charge in [0.2, 0.25) is 0 Å². The molecular formula is C18H21NO2. The van der Waals surface area contributed by atoms with E-state index in [1.54, 1.807) is 12.1 Å². The third-order valence-electron chi connectivity index (χ3n) is 3.54. The van der Waals surface area contributed by atoms with Gasteiger partial charge in [-0.15, -0.1) is 0 Å². The number of Topliss-reactive ketones (excluding diaryl/α,β-unsaturated/α-hetero) is 1. The highest BCUT2D eigenvalue weighted by Gasteiger charge is 2.12. The Balaban J connectivity index is 2.15. The molecule has 0 heterocycles. The molecule has 2 aromatic carbocycles. The fraction of sp³-hybridized carbons (Fsp3) is 0.278. The van der Waals surface area contributed by atoms with Crippen LogP contribution in [0.3, 0.4) is 0 Å². The molecule has 0 amide bonds. The smallest absolute Gasteiger partial charge is 0.200 e. The van der Waals surface area contributed by atoms with Crippen LogP contribution in [0.4, 0.5) is 5.69 Å². The van der Waals surface area contributed by atoms with Crippen molar-refractivity contribution in [2.24, 2.45) is 0 Å². The number of rotatable bonds is 6. The van der Waals surface area contributed by atoms with Crippen LogP contribution in [0.2, 0.25) is 0 Å². The summed E-state index contributed by atoms with van der Waals surface area (Å²) in [5.41, 5.74) is 9.33. The van der Waals surface area contributed by atoms with Crippen molar-refractivity contribution in [3.05, 3.63) is 59.2 Å². The van der Waals surface area contributed by atoms with Crippen LogP contribution in [0.1, 0.15) is 35.3 Å². The highest BCUT2D eigenvalue weighted by Crippen LogP contribution is 2.21. The van der Waals surface area contributed by atoms with Crippen LogP contribution in [0, 0.1) is 0 Å². The van der Waals surface area contributed by atoms with Crippen molar-refractivity contribution in [3.63, 3.8) is 0 Å². The first kappa shape index (κ1) is 15.1. The van der Waals surface area contributed by atoms with E-state index in [0.29, 0.717) is 11.4 Å². The number of nitrogens with two attached hydrogens (primary N) is 1. The molecular weight excluding hydrogens is 262 g/mol. The molecule has 0 aliphatic carbocycles. The second-order valence-corrected chi connectivity index (χ2v) is 4.95. The van der Waals surface area contributed by atoms with Crippen LogP contribution in [-0.2, 0) is 12.8 Å². The topological polar surface area (TPSA) is 52.3 Å². The molecule has 0 aromatic heterocycles. The number of anilines is 1. The lowest BCUT2D eigenvalue weighted by molar-refractivity contribution is 0.0921. The zero-order valence-electron chi connectivity index (χ0n) is 12.6. The molecule has 2 N–H and O–H groups in total. The Morgan fingerprint density at radius 1 is 1.10 bits per heavy atom. The van der Waals surface area contributed by atoms with Crippen molar-refractivity contribution in [1.82, 2.24) is 0 Å². The average Bonchev–Trinajstić information content (AvgIpc) is 2.53. The maximum Gasteiger partial charge on any atom is 0.200 e. The van der Waals surface area contributed by atoms with E-state index in [1.165, 1.54) is 0 Å². The molecule has 3 nitrogen and oxygen atoms in total. The number of ether oxygens (including phenoxy) is 1. The van der Waals surface area contributed by atoms with E-state index in [9.17, 15) is 4.79 Å². The van der Waals surface area contributed by atoms with Gasteiger partial charge in [0.15, 0.2) is 12.4 Å². The monoisotopic (exact) mass is 283 g/mol. The fourth-order valence-electron chi connectivity index (χ4n) is 2.24. The lowest BCUT2D eigenvalue weighted by Crippen LogP contribution is -2.14. The Labute approximate surface area is 125 Å². The quantitative estimate of drug-likeness (QED) is 0.650. The third kappa shape index (κ3) is 3.63. The maximum absolute atomic E-state index is 12.4. The normalized spacial score (nSPS) is 10.4. The maximum atomic E-state index is 12.4. The molecule has 110 valence electrons. The first-order valence-electron chi connectivity index (χ1n) is 7.28. The number of benzene rings is 2. The van der Waals surface area contributed by atoms with Crippen LogP contribution in [0.5, 0.6) is 5.75 Å². The molecule has 0 spiro atoms. The molecule has 0 radical (unpaired) electrons. The predicted molar refractivity (Wildman–Crippen MR) is 85.9 cm³/mol. The van der Waals surface area contributed by atoms with Gasteiger partial charge < -0.3 is 10.5 Å². The Kier molecular flexibility index (Phi) is 4.99. The Hall–Kier alpha value is -2.29. The van der Waals surface area contributed by atoms with E-state index < -0.39 is 0 Å². The summed E-state index contributed by atoms with van der Waals surface area (Å²) in [6.45, 7) is 4.14. The zero-order chi connectivity index (χ0) is 15.2. The van der Waals surface area contributed by atoms with Gasteiger partial charge >= 0.3 is 0 Å². The zero-order valence-corrected chi connectivity index (χ0v) is 12.6. The molecule has 0 saturated carbocycles. The number of ketones is 1. The lowest BCUT2D eigenvalue weighted by atomic mass is 9.98. The molecule has 2 aromatic rings. The summed E-state index contributed by atoms with van der Waals surface area (Å²) in [5.74, 6) is 0.543. The minimum absolute atomic E-state index is 0.00831. The average molecular weight is 283 g/mol. The van der Waals surface area contributed by atoms with E-state index in [0.717, 1.165) is 29.5 Å². The second kappa shape index (κ2) is 6.93. The van der Waals surface area contributed by atoms with Gasteiger partial charge in [-0.3, -0.25) is 4.79 Å². The van der Waals surface area contributed by atoms with E-state index in [1.807, 2.05) is 31.2 Å². The SMILES string of the molecule is CCc1ccc(CC)c(C(=O)COc2ccccc2N)c1. The summed E-state index contributed by atoms with van der Waals surface area (Å²) in [7, 11) is 0. The molecule has 21 heavy (non-hydrogen) atoms. The van der Waals surface area contributed by atoms with Crippen molar-refractivity contribution in [3.8, 4) is 5.75 Å². The first-order chi connectivity index (χ1) is 10.2. The summed E-state index contributed by atoms with van der Waals surface area (Å²) in [6, 6.07) is 13.3. The van der Waals surface area contributed by atoms with Crippen LogP contribution in [0.25, 0.3) is 0 Å². The highest BCUT2D eigenvalue weighted by atomic mass is 16.5. The number of hydrogen-bond acceptors (Lipinski definition) is 3. The fourth-order valence-corrected chi connectivity index (χ4v) is 2.24. The predicted octanol–water partition coefficient (Wildman–Crippen LogP) is 3.66. The van der Waals surface area contributed by atoms with Crippen molar-refractivity contribution in [1.29, 1.82) is 0 Å². The summed E-state index contributed by atoms with van der Waals surface area (Å²) < 4.78 is 5.55. The minimum atomic E-state index is -0.00889. The van der Waals surface area contributed by atoms with Gasteiger partial charge in [-0.05, 0) is 42.2 Å². The second-order valence-electron chi connectivity index (χ2n) is 4.95. The van der Waals surface area contributed by atoms with E-state index in [4.69, 9.17) is 10.5 Å². The summed E-state index contributed by atoms with van der Waals surface area (Å²) >= 11 is 0. The van der Waals surface area contributed by atoms with Gasteiger partial charge in [0.25, 0.3) is 0 Å². The molecule has 3 heteroatoms. The van der Waals surface area contributed by atoms with Gasteiger partial charge in [0.1, 0.15) is 5.75 Å². The number of carbonyl (C=O) groups is 1. The summed E-state index contributed by atoms with van der Waals surface area (Å²) in [6.07, 6.45) is 1.75. The summed E-state index contributed by atoms with van der Waals surface area (Å²) in [5, 5.41) is 0. The van der Waals surface area contributed by atoms with Gasteiger partial charge in [-0.2, -0.15) is 0 Å². The first-order valence-corrected chi connectivity index (χ1v) is 7.28. The number of aryl methyl sites for hydroxylation is 2. The van der Waals surface area contributed by atoms with Crippen molar-refractivity contribution in [2.45, 2.75) is 26.7 Å². The molecule has 0 saturated heterocycles. The summed E-state index contributed by atoms with van der Waals surface area (Å²) in [4.78, 5) is 12.4. The molecule has 2 rings (SSSR count). The van der Waals surface area contributed by atoms with Crippen LogP contribution < -0.4 is 10.5 Å². The van der Waals surface area contributed by atoms with Crippen molar-refractivity contribution < 1.29 is 9.53 Å². The lowest BCUT2D eigenvalue weighted by Gasteiger charge is -2.11. The van der Waals surface area contributed by atoms with Gasteiger partial charge in [-0.1, -0.05) is 38.1 Å². The molecule has 0 aliphatic heterocycles. The number of para-hydroxylation sites is 2. The molecule has 0 unspecified atom stereocenters. The van der Waals surface area contributed by atoms with Gasteiger partial charge in [0.05, 0.1) is 5.69 Å². The van der Waals surface area contributed by atoms with Crippen molar-refractivity contribution >= 4 is 11.5 Å². The standard InChI is InChI=1S/C18H21NO2/c1-3-13-9-10-14(4-2)15(11-13)17(20)12-21-18-8-6-5-7-16(18)19/h5-11H,3-4,12,19H2,1-2H3. The van der Waals surface area contributed by atoms with E-state index in [2.05, 4.69) is 13.0 Å². The largest absolute Gasteiger partial charge is 0.483 e. The molecule has 0 atom stereocenters. The number of hydrogen-bond donors (Lipinski definition) is 1. The van der Waals surface area contributed by atoms with E-state index in [-0.39, 0.29) is 12.4 Å². The number of carbonyl (C=O) groups excluding carboxylic acids is 1. The minimum Gasteiger partial charge on any atom is -0.483 e. The molecule has 0 fully saturated rings. The molecule has 0 bridgehead atoms. The number of nitrogen functional groups attached to an aromatic ring is 1.